The summed E-state index contributed by atoms with van der Waals surface area (Å²) in [4.78, 5) is 21.8. The molecule has 140 valence electrons. The van der Waals surface area contributed by atoms with E-state index in [1.165, 1.54) is 17.8 Å². The molecule has 0 aromatic carbocycles. The molecule has 2 saturated heterocycles. The maximum atomic E-state index is 12.3. The fourth-order valence-electron chi connectivity index (χ4n) is 3.94. The van der Waals surface area contributed by atoms with Crippen molar-refractivity contribution in [3.05, 3.63) is 16.6 Å². The summed E-state index contributed by atoms with van der Waals surface area (Å²) >= 11 is 1.74. The topological polar surface area (TPSA) is 57.7 Å². The molecule has 3 heterocycles. The number of likely N-dealkylation sites (tertiary alicyclic amines) is 2. The van der Waals surface area contributed by atoms with Gasteiger partial charge in [-0.1, -0.05) is 0 Å². The normalized spacial score (nSPS) is 23.6. The van der Waals surface area contributed by atoms with E-state index in [0.717, 1.165) is 45.6 Å². The van der Waals surface area contributed by atoms with E-state index in [9.17, 15) is 4.79 Å². The zero-order valence-corrected chi connectivity index (χ0v) is 16.0. The molecule has 1 aromatic rings. The van der Waals surface area contributed by atoms with Gasteiger partial charge in [0.05, 0.1) is 19.1 Å². The van der Waals surface area contributed by atoms with Crippen LogP contribution >= 0.6 is 11.3 Å². The maximum absolute atomic E-state index is 12.3. The molecule has 1 aromatic heterocycles. The number of carbonyl (C=O) groups excluding carboxylic acids is 1. The van der Waals surface area contributed by atoms with Gasteiger partial charge in [-0.3, -0.25) is 14.6 Å². The largest absolute Gasteiger partial charge is 0.383 e. The first-order chi connectivity index (χ1) is 12.3. The lowest BCUT2D eigenvalue weighted by atomic mass is 9.93. The Hall–Kier alpha value is -1.02. The highest BCUT2D eigenvalue weighted by atomic mass is 32.1. The number of methoxy groups -OCH3 is 1. The fourth-order valence-corrected chi connectivity index (χ4v) is 4.60. The van der Waals surface area contributed by atoms with Gasteiger partial charge in [0.15, 0.2) is 0 Å². The number of hydrogen-bond donors (Lipinski definition) is 1. The lowest BCUT2D eigenvalue weighted by molar-refractivity contribution is -0.127. The van der Waals surface area contributed by atoms with Gasteiger partial charge in [0.25, 0.3) is 0 Å². The highest BCUT2D eigenvalue weighted by molar-refractivity contribution is 7.09. The fraction of sp³-hybridized carbons (Fsp3) is 0.778. The summed E-state index contributed by atoms with van der Waals surface area (Å²) in [5.74, 6) is 0.335. The van der Waals surface area contributed by atoms with Crippen molar-refractivity contribution in [2.24, 2.45) is 5.92 Å². The molecule has 2 aliphatic rings. The molecule has 2 fully saturated rings. The lowest BCUT2D eigenvalue weighted by Gasteiger charge is -2.41. The SMILES string of the molecule is COCCNC(=O)[C@H]1CCCN(C2CCN(Cc3nccs3)CC2)C1. The van der Waals surface area contributed by atoms with Gasteiger partial charge in [-0.25, -0.2) is 4.98 Å². The molecule has 2 aliphatic heterocycles. The Morgan fingerprint density at radius 2 is 2.20 bits per heavy atom. The van der Waals surface area contributed by atoms with Crippen LogP contribution in [0.15, 0.2) is 11.6 Å². The van der Waals surface area contributed by atoms with Crippen molar-refractivity contribution < 1.29 is 9.53 Å². The minimum Gasteiger partial charge on any atom is -0.383 e. The number of ether oxygens (including phenoxy) is 1. The van der Waals surface area contributed by atoms with Crippen LogP contribution in [0.2, 0.25) is 0 Å². The molecule has 0 saturated carbocycles. The second-order valence-electron chi connectivity index (χ2n) is 7.05. The molecule has 1 amide bonds. The summed E-state index contributed by atoms with van der Waals surface area (Å²) in [7, 11) is 1.66. The number of aromatic nitrogens is 1. The molecule has 1 atom stereocenters. The number of piperidine rings is 2. The van der Waals surface area contributed by atoms with Gasteiger partial charge >= 0.3 is 0 Å². The zero-order valence-electron chi connectivity index (χ0n) is 15.2. The highest BCUT2D eigenvalue weighted by Gasteiger charge is 2.31. The summed E-state index contributed by atoms with van der Waals surface area (Å²) in [6.07, 6.45) is 6.42. The summed E-state index contributed by atoms with van der Waals surface area (Å²) < 4.78 is 5.01. The minimum absolute atomic E-state index is 0.138. The number of carbonyl (C=O) groups is 1. The Labute approximate surface area is 154 Å². The number of thiazole rings is 1. The number of rotatable bonds is 7. The third-order valence-electron chi connectivity index (χ3n) is 5.34. The predicted octanol–water partition coefficient (Wildman–Crippen LogP) is 1.58. The number of hydrogen-bond acceptors (Lipinski definition) is 6. The van der Waals surface area contributed by atoms with Crippen molar-refractivity contribution in [3.63, 3.8) is 0 Å². The quantitative estimate of drug-likeness (QED) is 0.743. The summed E-state index contributed by atoms with van der Waals surface area (Å²) in [6.45, 7) is 6.49. The third-order valence-corrected chi connectivity index (χ3v) is 6.11. The molecule has 0 bridgehead atoms. The molecule has 25 heavy (non-hydrogen) atoms. The van der Waals surface area contributed by atoms with Crippen LogP contribution in [0.1, 0.15) is 30.7 Å². The van der Waals surface area contributed by atoms with Crippen molar-refractivity contribution in [2.75, 3.05) is 46.4 Å². The van der Waals surface area contributed by atoms with Crippen molar-refractivity contribution in [3.8, 4) is 0 Å². The van der Waals surface area contributed by atoms with Crippen LogP contribution < -0.4 is 5.32 Å². The van der Waals surface area contributed by atoms with E-state index in [0.29, 0.717) is 19.2 Å². The smallest absolute Gasteiger partial charge is 0.224 e. The molecule has 7 heteroatoms. The van der Waals surface area contributed by atoms with Gasteiger partial charge in [0.1, 0.15) is 5.01 Å². The van der Waals surface area contributed by atoms with E-state index < -0.39 is 0 Å². The second-order valence-corrected chi connectivity index (χ2v) is 8.03. The average Bonchev–Trinajstić information content (AvgIpc) is 3.16. The standard InChI is InChI=1S/C18H30N4O2S/c1-24-11-6-20-18(23)15-3-2-8-22(13-15)16-4-9-21(10-5-16)14-17-19-7-12-25-17/h7,12,15-16H,2-6,8-11,13-14H2,1H3,(H,20,23)/t15-/m0/s1. The monoisotopic (exact) mass is 366 g/mol. The van der Waals surface area contributed by atoms with Gasteiger partial charge in [0, 0.05) is 50.9 Å². The van der Waals surface area contributed by atoms with Crippen molar-refractivity contribution >= 4 is 17.2 Å². The molecule has 0 spiro atoms. The molecule has 0 unspecified atom stereocenters. The summed E-state index contributed by atoms with van der Waals surface area (Å²) in [5.41, 5.74) is 0. The van der Waals surface area contributed by atoms with Gasteiger partial charge in [-0.2, -0.15) is 0 Å². The Kier molecular flexibility index (Phi) is 7.22. The maximum Gasteiger partial charge on any atom is 0.224 e. The van der Waals surface area contributed by atoms with Crippen LogP contribution in [0.3, 0.4) is 0 Å². The summed E-state index contributed by atoms with van der Waals surface area (Å²) in [5, 5.41) is 6.27. The molecular formula is C18H30N4O2S. The van der Waals surface area contributed by atoms with E-state index in [2.05, 4.69) is 20.1 Å². The van der Waals surface area contributed by atoms with Crippen LogP contribution in [0.25, 0.3) is 0 Å². The van der Waals surface area contributed by atoms with E-state index in [4.69, 9.17) is 4.74 Å². The molecule has 6 nitrogen and oxygen atoms in total. The third kappa shape index (κ3) is 5.48. The van der Waals surface area contributed by atoms with E-state index in [1.54, 1.807) is 18.4 Å². The van der Waals surface area contributed by atoms with Crippen LogP contribution in [-0.4, -0.2) is 73.2 Å². The molecule has 3 rings (SSSR count). The Morgan fingerprint density at radius 1 is 1.36 bits per heavy atom. The first-order valence-electron chi connectivity index (χ1n) is 9.37. The van der Waals surface area contributed by atoms with Crippen molar-refractivity contribution in [1.29, 1.82) is 0 Å². The predicted molar refractivity (Wildman–Crippen MR) is 99.6 cm³/mol. The first kappa shape index (κ1) is 18.8. The van der Waals surface area contributed by atoms with Crippen molar-refractivity contribution in [1.82, 2.24) is 20.1 Å². The summed E-state index contributed by atoms with van der Waals surface area (Å²) in [6, 6.07) is 0.627. The van der Waals surface area contributed by atoms with Crippen LogP contribution in [0.5, 0.6) is 0 Å². The van der Waals surface area contributed by atoms with Gasteiger partial charge < -0.3 is 10.1 Å². The van der Waals surface area contributed by atoms with Crippen LogP contribution in [-0.2, 0) is 16.1 Å². The van der Waals surface area contributed by atoms with Gasteiger partial charge in [0.2, 0.25) is 5.91 Å². The van der Waals surface area contributed by atoms with E-state index in [-0.39, 0.29) is 11.8 Å². The van der Waals surface area contributed by atoms with Gasteiger partial charge in [-0.15, -0.1) is 11.3 Å². The molecule has 0 aliphatic carbocycles. The second kappa shape index (κ2) is 9.62. The van der Waals surface area contributed by atoms with E-state index in [1.807, 2.05) is 11.6 Å². The molecular weight excluding hydrogens is 336 g/mol. The Balaban J connectivity index is 1.42. The highest BCUT2D eigenvalue weighted by Crippen LogP contribution is 2.24. The molecule has 1 N–H and O–H groups in total. The first-order valence-corrected chi connectivity index (χ1v) is 10.3. The van der Waals surface area contributed by atoms with Crippen LogP contribution in [0.4, 0.5) is 0 Å². The minimum atomic E-state index is 0.138. The number of nitrogens with one attached hydrogen (secondary N) is 1. The lowest BCUT2D eigenvalue weighted by Crippen LogP contribution is -2.50. The van der Waals surface area contributed by atoms with Crippen LogP contribution in [0, 0.1) is 5.92 Å². The number of nitrogens with zero attached hydrogens (tertiary/aromatic N) is 3. The Morgan fingerprint density at radius 3 is 2.92 bits per heavy atom. The zero-order chi connectivity index (χ0) is 17.5. The number of amides is 1. The van der Waals surface area contributed by atoms with Gasteiger partial charge in [-0.05, 0) is 32.2 Å². The molecule has 0 radical (unpaired) electrons. The Bertz CT molecular complexity index is 517. The van der Waals surface area contributed by atoms with E-state index >= 15 is 0 Å². The average molecular weight is 367 g/mol. The van der Waals surface area contributed by atoms with Crippen molar-refractivity contribution in [2.45, 2.75) is 38.3 Å².